The maximum atomic E-state index is 11.0. The lowest BCUT2D eigenvalue weighted by atomic mass is 10.2. The highest BCUT2D eigenvalue weighted by molar-refractivity contribution is 5.91. The molecule has 0 fully saturated rings. The summed E-state index contributed by atoms with van der Waals surface area (Å²) in [5.41, 5.74) is -0.496. The van der Waals surface area contributed by atoms with Gasteiger partial charge in [-0.2, -0.15) is 0 Å². The first-order valence-corrected chi connectivity index (χ1v) is 5.78. The minimum atomic E-state index is -1.26. The minimum Gasteiger partial charge on any atom is -0.493 e. The Kier molecular flexibility index (Phi) is 5.74. The van der Waals surface area contributed by atoms with E-state index in [0.717, 1.165) is 6.07 Å². The fourth-order valence-corrected chi connectivity index (χ4v) is 1.41. The van der Waals surface area contributed by atoms with Gasteiger partial charge >= 0.3 is 5.97 Å². The molecule has 0 aliphatic heterocycles. The van der Waals surface area contributed by atoms with Crippen molar-refractivity contribution in [3.8, 4) is 5.75 Å². The van der Waals surface area contributed by atoms with E-state index in [1.807, 2.05) is 6.92 Å². The number of hydrogen-bond acceptors (Lipinski definition) is 5. The van der Waals surface area contributed by atoms with Crippen molar-refractivity contribution in [2.24, 2.45) is 0 Å². The van der Waals surface area contributed by atoms with Gasteiger partial charge in [0, 0.05) is 31.8 Å². The smallest absolute Gasteiger partial charge is 0.339 e. The molecule has 1 rings (SSSR count). The molecule has 1 aromatic carbocycles. The van der Waals surface area contributed by atoms with Crippen LogP contribution in [-0.2, 0) is 4.74 Å². The fourth-order valence-electron chi connectivity index (χ4n) is 1.41. The highest BCUT2D eigenvalue weighted by Crippen LogP contribution is 2.24. The van der Waals surface area contributed by atoms with Gasteiger partial charge < -0.3 is 14.6 Å². The van der Waals surface area contributed by atoms with Crippen LogP contribution < -0.4 is 4.74 Å². The zero-order valence-electron chi connectivity index (χ0n) is 10.5. The van der Waals surface area contributed by atoms with Gasteiger partial charge in [-0.15, -0.1) is 0 Å². The Morgan fingerprint density at radius 1 is 1.42 bits per heavy atom. The molecule has 0 amide bonds. The first-order valence-electron chi connectivity index (χ1n) is 5.78. The molecule has 0 unspecified atom stereocenters. The molecule has 0 heterocycles. The molecule has 7 nitrogen and oxygen atoms in total. The molecule has 19 heavy (non-hydrogen) atoms. The van der Waals surface area contributed by atoms with Crippen molar-refractivity contribution >= 4 is 11.7 Å². The highest BCUT2D eigenvalue weighted by atomic mass is 16.6. The van der Waals surface area contributed by atoms with E-state index in [2.05, 4.69) is 0 Å². The fraction of sp³-hybridized carbons (Fsp3) is 0.417. The molecule has 0 aromatic heterocycles. The third-order valence-electron chi connectivity index (χ3n) is 2.30. The molecule has 0 atom stereocenters. The number of carboxylic acid groups (broad SMARTS) is 1. The first kappa shape index (κ1) is 14.9. The first-order chi connectivity index (χ1) is 9.06. The Bertz CT molecular complexity index is 460. The van der Waals surface area contributed by atoms with Crippen molar-refractivity contribution < 1.29 is 24.3 Å². The van der Waals surface area contributed by atoms with Crippen molar-refractivity contribution in [1.82, 2.24) is 0 Å². The van der Waals surface area contributed by atoms with Crippen LogP contribution in [0.15, 0.2) is 18.2 Å². The molecule has 0 aliphatic carbocycles. The number of benzene rings is 1. The predicted octanol–water partition coefficient (Wildman–Crippen LogP) is 2.10. The van der Waals surface area contributed by atoms with Crippen LogP contribution in [0.3, 0.4) is 0 Å². The number of carboxylic acids is 1. The number of carbonyl (C=O) groups is 1. The summed E-state index contributed by atoms with van der Waals surface area (Å²) in [6.07, 6.45) is 0.615. The monoisotopic (exact) mass is 269 g/mol. The van der Waals surface area contributed by atoms with Gasteiger partial charge in [-0.3, -0.25) is 10.1 Å². The summed E-state index contributed by atoms with van der Waals surface area (Å²) in [5, 5.41) is 19.6. The highest BCUT2D eigenvalue weighted by Gasteiger charge is 2.16. The predicted molar refractivity (Wildman–Crippen MR) is 66.7 cm³/mol. The minimum absolute atomic E-state index is 0.120. The van der Waals surface area contributed by atoms with Gasteiger partial charge in [-0.25, -0.2) is 4.79 Å². The average molecular weight is 269 g/mol. The Hall–Kier alpha value is -2.15. The lowest BCUT2D eigenvalue weighted by Crippen LogP contribution is -2.07. The van der Waals surface area contributed by atoms with Crippen LogP contribution >= 0.6 is 0 Å². The summed E-state index contributed by atoms with van der Waals surface area (Å²) in [6.45, 7) is 3.29. The van der Waals surface area contributed by atoms with E-state index >= 15 is 0 Å². The molecule has 0 saturated carbocycles. The Labute approximate surface area is 109 Å². The maximum absolute atomic E-state index is 11.0. The van der Waals surface area contributed by atoms with Crippen molar-refractivity contribution in [3.63, 3.8) is 0 Å². The number of nitrogens with zero attached hydrogens (tertiary/aromatic N) is 1. The molecule has 0 saturated heterocycles. The maximum Gasteiger partial charge on any atom is 0.339 e. The van der Waals surface area contributed by atoms with Gasteiger partial charge in [0.25, 0.3) is 5.69 Å². The Morgan fingerprint density at radius 3 is 2.74 bits per heavy atom. The second-order valence-corrected chi connectivity index (χ2v) is 3.64. The third-order valence-corrected chi connectivity index (χ3v) is 2.30. The number of nitro groups is 1. The molecule has 0 radical (unpaired) electrons. The van der Waals surface area contributed by atoms with E-state index in [-0.39, 0.29) is 23.6 Å². The lowest BCUT2D eigenvalue weighted by molar-refractivity contribution is -0.384. The molecular weight excluding hydrogens is 254 g/mol. The van der Waals surface area contributed by atoms with Crippen LogP contribution in [0.1, 0.15) is 23.7 Å². The van der Waals surface area contributed by atoms with Crippen molar-refractivity contribution in [3.05, 3.63) is 33.9 Å². The van der Waals surface area contributed by atoms with Crippen molar-refractivity contribution in [2.75, 3.05) is 19.8 Å². The molecule has 0 aliphatic rings. The normalized spacial score (nSPS) is 10.2. The topological polar surface area (TPSA) is 98.9 Å². The van der Waals surface area contributed by atoms with E-state index in [1.165, 1.54) is 12.1 Å². The van der Waals surface area contributed by atoms with Gasteiger partial charge in [0.2, 0.25) is 0 Å². The van der Waals surface area contributed by atoms with Gasteiger partial charge in [-0.1, -0.05) is 0 Å². The van der Waals surface area contributed by atoms with E-state index in [4.69, 9.17) is 14.6 Å². The summed E-state index contributed by atoms with van der Waals surface area (Å²) < 4.78 is 10.4. The standard InChI is InChI=1S/C12H15NO6/c1-2-18-6-3-7-19-11-5-4-9(13(16)17)8-10(11)12(14)15/h4-5,8H,2-3,6-7H2,1H3,(H,14,15). The van der Waals surface area contributed by atoms with E-state index in [0.29, 0.717) is 19.6 Å². The van der Waals surface area contributed by atoms with Gasteiger partial charge in [-0.05, 0) is 13.0 Å². The Morgan fingerprint density at radius 2 is 2.16 bits per heavy atom. The van der Waals surface area contributed by atoms with E-state index in [9.17, 15) is 14.9 Å². The molecule has 1 N–H and O–H groups in total. The molecule has 0 spiro atoms. The SMILES string of the molecule is CCOCCCOc1ccc([N+](=O)[O-])cc1C(=O)O. The number of rotatable bonds is 8. The van der Waals surface area contributed by atoms with Crippen LogP contribution in [0.4, 0.5) is 5.69 Å². The van der Waals surface area contributed by atoms with Crippen LogP contribution in [0.2, 0.25) is 0 Å². The van der Waals surface area contributed by atoms with Crippen molar-refractivity contribution in [2.45, 2.75) is 13.3 Å². The zero-order chi connectivity index (χ0) is 14.3. The summed E-state index contributed by atoms with van der Waals surface area (Å²) in [7, 11) is 0. The number of nitro benzene ring substituents is 1. The molecule has 1 aromatic rings. The molecular formula is C12H15NO6. The van der Waals surface area contributed by atoms with Gasteiger partial charge in [0.15, 0.2) is 0 Å². The molecule has 104 valence electrons. The van der Waals surface area contributed by atoms with Crippen LogP contribution in [-0.4, -0.2) is 35.8 Å². The summed E-state index contributed by atoms with van der Waals surface area (Å²) in [5.74, 6) is -1.14. The van der Waals surface area contributed by atoms with Gasteiger partial charge in [0.1, 0.15) is 11.3 Å². The largest absolute Gasteiger partial charge is 0.493 e. The summed E-state index contributed by atoms with van der Waals surface area (Å²) in [4.78, 5) is 20.9. The van der Waals surface area contributed by atoms with E-state index < -0.39 is 10.9 Å². The number of aromatic carboxylic acids is 1. The molecule has 0 bridgehead atoms. The molecule has 7 heteroatoms. The lowest BCUT2D eigenvalue weighted by Gasteiger charge is -2.08. The van der Waals surface area contributed by atoms with Crippen molar-refractivity contribution in [1.29, 1.82) is 0 Å². The summed E-state index contributed by atoms with van der Waals surface area (Å²) >= 11 is 0. The van der Waals surface area contributed by atoms with E-state index in [1.54, 1.807) is 0 Å². The zero-order valence-corrected chi connectivity index (χ0v) is 10.5. The third kappa shape index (κ3) is 4.55. The average Bonchev–Trinajstić information content (AvgIpc) is 2.38. The summed E-state index contributed by atoms with van der Waals surface area (Å²) in [6, 6.07) is 3.49. The quantitative estimate of drug-likeness (QED) is 0.440. The van der Waals surface area contributed by atoms with Crippen LogP contribution in [0, 0.1) is 10.1 Å². The van der Waals surface area contributed by atoms with Crippen LogP contribution in [0.5, 0.6) is 5.75 Å². The number of hydrogen-bond donors (Lipinski definition) is 1. The number of ether oxygens (including phenoxy) is 2. The number of non-ortho nitro benzene ring substituents is 1. The second-order valence-electron chi connectivity index (χ2n) is 3.64. The van der Waals surface area contributed by atoms with Crippen LogP contribution in [0.25, 0.3) is 0 Å². The Balaban J connectivity index is 2.71. The second kappa shape index (κ2) is 7.32. The van der Waals surface area contributed by atoms with Gasteiger partial charge in [0.05, 0.1) is 11.5 Å².